The predicted molar refractivity (Wildman–Crippen MR) is 68.3 cm³/mol. The molecule has 0 amide bonds. The Kier molecular flexibility index (Phi) is 13.5. The molecule has 0 fully saturated rings. The topological polar surface area (TPSA) is 3.24 Å². The molecule has 2 heteroatoms. The zero-order chi connectivity index (χ0) is 11.6. The number of halogens is 1. The minimum absolute atomic E-state index is 0.676. The van der Waals surface area contributed by atoms with Crippen LogP contribution in [0.25, 0.3) is 0 Å². The fourth-order valence-electron chi connectivity index (χ4n) is 0.941. The first-order chi connectivity index (χ1) is 6.47. The lowest BCUT2D eigenvalue weighted by molar-refractivity contribution is 0.222. The van der Waals surface area contributed by atoms with Gasteiger partial charge >= 0.3 is 0 Å². The molecule has 0 aliphatic carbocycles. The monoisotopic (exact) mass is 221 g/mol. The standard InChI is InChI=1S/C7H17N.C5H11Cl/c1-6(2)8(5)7(3)4;1-2-3-4-5-6/h6-7H,1-5H3;2-5H2,1H3. The lowest BCUT2D eigenvalue weighted by atomic mass is 10.3. The van der Waals surface area contributed by atoms with Gasteiger partial charge in [0.05, 0.1) is 0 Å². The fourth-order valence-corrected chi connectivity index (χ4v) is 1.13. The van der Waals surface area contributed by atoms with Crippen LogP contribution in [0, 0.1) is 0 Å². The summed E-state index contributed by atoms with van der Waals surface area (Å²) in [4.78, 5) is 2.33. The lowest BCUT2D eigenvalue weighted by Crippen LogP contribution is -2.32. The number of alkyl halides is 1. The highest BCUT2D eigenvalue weighted by molar-refractivity contribution is 6.17. The van der Waals surface area contributed by atoms with Gasteiger partial charge in [0.2, 0.25) is 0 Å². The second-order valence-electron chi connectivity index (χ2n) is 4.25. The molecular weight excluding hydrogens is 194 g/mol. The minimum atomic E-state index is 0.676. The number of rotatable bonds is 5. The van der Waals surface area contributed by atoms with Crippen molar-refractivity contribution in [2.75, 3.05) is 12.9 Å². The molecule has 0 aliphatic rings. The van der Waals surface area contributed by atoms with Crippen molar-refractivity contribution in [1.82, 2.24) is 4.90 Å². The van der Waals surface area contributed by atoms with Crippen LogP contribution in [0.15, 0.2) is 0 Å². The smallest absolute Gasteiger partial charge is 0.0223 e. The maximum absolute atomic E-state index is 5.38. The van der Waals surface area contributed by atoms with E-state index in [-0.39, 0.29) is 0 Å². The number of nitrogens with zero attached hydrogens (tertiary/aromatic N) is 1. The SMILES string of the molecule is CC(C)N(C)C(C)C.CCCCCCl. The summed E-state index contributed by atoms with van der Waals surface area (Å²) in [5.41, 5.74) is 0. The molecule has 0 aromatic carbocycles. The minimum Gasteiger partial charge on any atom is -0.302 e. The van der Waals surface area contributed by atoms with Crippen molar-refractivity contribution in [3.8, 4) is 0 Å². The Hall–Kier alpha value is 0.250. The summed E-state index contributed by atoms with van der Waals surface area (Å²) < 4.78 is 0. The van der Waals surface area contributed by atoms with E-state index in [1.165, 1.54) is 19.3 Å². The van der Waals surface area contributed by atoms with Crippen LogP contribution < -0.4 is 0 Å². The molecule has 0 atom stereocenters. The van der Waals surface area contributed by atoms with Gasteiger partial charge in [0.1, 0.15) is 0 Å². The van der Waals surface area contributed by atoms with Crippen LogP contribution in [0.4, 0.5) is 0 Å². The molecule has 14 heavy (non-hydrogen) atoms. The van der Waals surface area contributed by atoms with Crippen molar-refractivity contribution in [2.45, 2.75) is 66.0 Å². The third kappa shape index (κ3) is 12.2. The van der Waals surface area contributed by atoms with Gasteiger partial charge < -0.3 is 4.90 Å². The van der Waals surface area contributed by atoms with Crippen LogP contribution in [-0.2, 0) is 0 Å². The Morgan fingerprint density at radius 1 is 1.00 bits per heavy atom. The van der Waals surface area contributed by atoms with E-state index in [1.807, 2.05) is 0 Å². The molecule has 0 N–H and O–H groups in total. The third-order valence-electron chi connectivity index (χ3n) is 2.37. The first-order valence-corrected chi connectivity index (χ1v) is 6.28. The molecule has 0 aliphatic heterocycles. The average molecular weight is 222 g/mol. The first kappa shape index (κ1) is 16.7. The Morgan fingerprint density at radius 3 is 1.50 bits per heavy atom. The molecular formula is C12H28ClN. The molecule has 0 unspecified atom stereocenters. The summed E-state index contributed by atoms with van der Waals surface area (Å²) in [6.45, 7) is 11.0. The van der Waals surface area contributed by atoms with E-state index in [0.717, 1.165) is 5.88 Å². The maximum atomic E-state index is 5.38. The fraction of sp³-hybridized carbons (Fsp3) is 1.00. The number of hydrogen-bond acceptors (Lipinski definition) is 1. The molecule has 88 valence electrons. The van der Waals surface area contributed by atoms with E-state index < -0.39 is 0 Å². The van der Waals surface area contributed by atoms with Crippen LogP contribution in [0.5, 0.6) is 0 Å². The van der Waals surface area contributed by atoms with Crippen molar-refractivity contribution in [2.24, 2.45) is 0 Å². The first-order valence-electron chi connectivity index (χ1n) is 5.75. The number of hydrogen-bond donors (Lipinski definition) is 0. The third-order valence-corrected chi connectivity index (χ3v) is 2.63. The summed E-state index contributed by atoms with van der Waals surface area (Å²) in [6.07, 6.45) is 3.73. The predicted octanol–water partition coefficient (Wildman–Crippen LogP) is 4.15. The van der Waals surface area contributed by atoms with Gasteiger partial charge in [-0.2, -0.15) is 0 Å². The van der Waals surface area contributed by atoms with E-state index in [0.29, 0.717) is 12.1 Å². The van der Waals surface area contributed by atoms with Crippen molar-refractivity contribution in [3.63, 3.8) is 0 Å². The van der Waals surface area contributed by atoms with Gasteiger partial charge in [0, 0.05) is 18.0 Å². The van der Waals surface area contributed by atoms with Crippen molar-refractivity contribution >= 4 is 11.6 Å². The van der Waals surface area contributed by atoms with E-state index in [1.54, 1.807) is 0 Å². The van der Waals surface area contributed by atoms with Crippen molar-refractivity contribution in [3.05, 3.63) is 0 Å². The molecule has 0 bridgehead atoms. The highest BCUT2D eigenvalue weighted by atomic mass is 35.5. The highest BCUT2D eigenvalue weighted by Gasteiger charge is 2.04. The van der Waals surface area contributed by atoms with E-state index in [4.69, 9.17) is 11.6 Å². The second-order valence-corrected chi connectivity index (χ2v) is 4.63. The summed E-state index contributed by atoms with van der Waals surface area (Å²) in [6, 6.07) is 1.35. The van der Waals surface area contributed by atoms with Gasteiger partial charge in [0.15, 0.2) is 0 Å². The summed E-state index contributed by atoms with van der Waals surface area (Å²) in [5, 5.41) is 0. The molecule has 0 rings (SSSR count). The van der Waals surface area contributed by atoms with Gasteiger partial charge in [0.25, 0.3) is 0 Å². The Bertz CT molecular complexity index is 90.5. The lowest BCUT2D eigenvalue weighted by Gasteiger charge is -2.24. The molecule has 0 saturated heterocycles. The van der Waals surface area contributed by atoms with Gasteiger partial charge in [-0.05, 0) is 41.2 Å². The Balaban J connectivity index is 0. The molecule has 0 radical (unpaired) electrons. The quantitative estimate of drug-likeness (QED) is 0.498. The molecule has 1 nitrogen and oxygen atoms in total. The van der Waals surface area contributed by atoms with Gasteiger partial charge in [-0.3, -0.25) is 0 Å². The van der Waals surface area contributed by atoms with Gasteiger partial charge in [-0.15, -0.1) is 11.6 Å². The summed E-state index contributed by atoms with van der Waals surface area (Å²) in [7, 11) is 2.15. The Morgan fingerprint density at radius 2 is 1.43 bits per heavy atom. The van der Waals surface area contributed by atoms with Gasteiger partial charge in [-0.1, -0.05) is 19.8 Å². The molecule has 0 aromatic rings. The molecule has 0 heterocycles. The maximum Gasteiger partial charge on any atom is 0.0223 e. The highest BCUT2D eigenvalue weighted by Crippen LogP contribution is 1.98. The largest absolute Gasteiger partial charge is 0.302 e. The van der Waals surface area contributed by atoms with E-state index >= 15 is 0 Å². The van der Waals surface area contributed by atoms with Crippen LogP contribution in [0.2, 0.25) is 0 Å². The molecule has 0 aromatic heterocycles. The van der Waals surface area contributed by atoms with Gasteiger partial charge in [-0.25, -0.2) is 0 Å². The van der Waals surface area contributed by atoms with Crippen molar-refractivity contribution < 1.29 is 0 Å². The van der Waals surface area contributed by atoms with Crippen LogP contribution >= 0.6 is 11.6 Å². The van der Waals surface area contributed by atoms with E-state index in [2.05, 4.69) is 46.6 Å². The normalized spacial score (nSPS) is 10.7. The summed E-state index contributed by atoms with van der Waals surface area (Å²) >= 11 is 5.38. The summed E-state index contributed by atoms with van der Waals surface area (Å²) in [5.74, 6) is 0.827. The van der Waals surface area contributed by atoms with Crippen LogP contribution in [0.3, 0.4) is 0 Å². The number of unbranched alkanes of at least 4 members (excludes halogenated alkanes) is 2. The van der Waals surface area contributed by atoms with Crippen LogP contribution in [-0.4, -0.2) is 29.9 Å². The second kappa shape index (κ2) is 11.3. The van der Waals surface area contributed by atoms with E-state index in [9.17, 15) is 0 Å². The van der Waals surface area contributed by atoms with Crippen LogP contribution in [0.1, 0.15) is 53.9 Å². The average Bonchev–Trinajstić information content (AvgIpc) is 2.14. The molecule has 0 spiro atoms. The molecule has 0 saturated carbocycles. The zero-order valence-electron chi connectivity index (χ0n) is 10.8. The van der Waals surface area contributed by atoms with Crippen molar-refractivity contribution in [1.29, 1.82) is 0 Å². The zero-order valence-corrected chi connectivity index (χ0v) is 11.6. The Labute approximate surface area is 95.8 Å².